The number of carbonyl (C=O) groups is 1. The number of aromatic nitrogens is 4. The zero-order valence-corrected chi connectivity index (χ0v) is 22.9. The molecule has 10 nitrogen and oxygen atoms in total. The zero-order valence-electron chi connectivity index (χ0n) is 22.1. The lowest BCUT2D eigenvalue weighted by Crippen LogP contribution is -2.49. The van der Waals surface area contributed by atoms with Gasteiger partial charge in [-0.15, -0.1) is 0 Å². The average molecular weight is 559 g/mol. The number of hydrogen-bond acceptors (Lipinski definition) is 9. The first kappa shape index (κ1) is 26.3. The molecule has 5 heterocycles. The second-order valence-electron chi connectivity index (χ2n) is 10.9. The molecule has 206 valence electrons. The van der Waals surface area contributed by atoms with Crippen molar-refractivity contribution in [2.24, 2.45) is 5.41 Å². The quantitative estimate of drug-likeness (QED) is 0.365. The van der Waals surface area contributed by atoms with Crippen molar-refractivity contribution in [3.8, 4) is 11.4 Å². The molecular weight excluding hydrogens is 528 g/mol. The van der Waals surface area contributed by atoms with E-state index in [0.29, 0.717) is 11.1 Å². The normalized spacial score (nSPS) is 17.1. The number of anilines is 1. The Hall–Kier alpha value is -3.96. The van der Waals surface area contributed by atoms with Gasteiger partial charge in [0.15, 0.2) is 9.84 Å². The topological polar surface area (TPSA) is 138 Å². The first-order valence-electron chi connectivity index (χ1n) is 13.3. The molecule has 0 unspecified atom stereocenters. The third-order valence-corrected chi connectivity index (χ3v) is 9.03. The number of aliphatic hydroxyl groups excluding tert-OH is 1. The Labute approximate surface area is 232 Å². The van der Waals surface area contributed by atoms with E-state index in [1.165, 1.54) is 18.5 Å². The van der Waals surface area contributed by atoms with Crippen LogP contribution in [0, 0.1) is 5.41 Å². The van der Waals surface area contributed by atoms with Crippen LogP contribution in [0.1, 0.15) is 41.7 Å². The molecule has 0 aromatic carbocycles. The van der Waals surface area contributed by atoms with E-state index >= 15 is 0 Å². The fourth-order valence-electron chi connectivity index (χ4n) is 5.62. The predicted molar refractivity (Wildman–Crippen MR) is 150 cm³/mol. The third-order valence-electron chi connectivity index (χ3n) is 7.95. The molecule has 0 atom stereocenters. The molecule has 1 amide bonds. The number of amides is 1. The summed E-state index contributed by atoms with van der Waals surface area (Å²) in [6.07, 6.45) is 9.20. The van der Waals surface area contributed by atoms with Crippen molar-refractivity contribution in [2.45, 2.75) is 43.2 Å². The van der Waals surface area contributed by atoms with E-state index in [4.69, 9.17) is 9.97 Å². The molecule has 1 aliphatic carbocycles. The molecule has 0 radical (unpaired) electrons. The molecule has 1 spiro atoms. The Balaban J connectivity index is 1.16. The van der Waals surface area contributed by atoms with Gasteiger partial charge in [-0.1, -0.05) is 6.07 Å². The molecule has 4 aromatic rings. The van der Waals surface area contributed by atoms with Crippen molar-refractivity contribution in [1.29, 1.82) is 0 Å². The molecular formula is C29H30N6O4S. The minimum atomic E-state index is -3.47. The van der Waals surface area contributed by atoms with Gasteiger partial charge in [-0.3, -0.25) is 14.8 Å². The number of rotatable bonds is 6. The van der Waals surface area contributed by atoms with Gasteiger partial charge in [-0.25, -0.2) is 18.4 Å². The van der Waals surface area contributed by atoms with Gasteiger partial charge >= 0.3 is 0 Å². The third kappa shape index (κ3) is 5.39. The highest BCUT2D eigenvalue weighted by Gasteiger charge is 2.45. The molecule has 2 N–H and O–H groups in total. The first-order chi connectivity index (χ1) is 19.2. The second-order valence-corrected chi connectivity index (χ2v) is 12.9. The minimum absolute atomic E-state index is 0.0132. The SMILES string of the molecule is CS(=O)(=O)c1cncc(C(=O)NCc2cc3nc(-c4cccc(N5CCC6(CC5)CC(O)C6)n4)ccc3cn2)c1. The van der Waals surface area contributed by atoms with Gasteiger partial charge in [0.25, 0.3) is 5.91 Å². The summed E-state index contributed by atoms with van der Waals surface area (Å²) in [5.74, 6) is 0.487. The predicted octanol–water partition coefficient (Wildman–Crippen LogP) is 3.16. The van der Waals surface area contributed by atoms with E-state index < -0.39 is 15.7 Å². The van der Waals surface area contributed by atoms with Gasteiger partial charge in [-0.2, -0.15) is 0 Å². The summed E-state index contributed by atoms with van der Waals surface area (Å²) < 4.78 is 23.6. The number of fused-ring (bicyclic) bond motifs is 1. The molecule has 1 saturated heterocycles. The zero-order chi connectivity index (χ0) is 27.9. The fourth-order valence-corrected chi connectivity index (χ4v) is 6.21. The van der Waals surface area contributed by atoms with E-state index in [-0.39, 0.29) is 23.1 Å². The van der Waals surface area contributed by atoms with Crippen LogP contribution in [0.25, 0.3) is 22.3 Å². The van der Waals surface area contributed by atoms with Crippen LogP contribution in [0.3, 0.4) is 0 Å². The highest BCUT2D eigenvalue weighted by molar-refractivity contribution is 7.90. The number of sulfone groups is 1. The molecule has 4 aromatic heterocycles. The summed E-state index contributed by atoms with van der Waals surface area (Å²) in [4.78, 5) is 33.0. The maximum absolute atomic E-state index is 12.6. The fraction of sp³-hybridized carbons (Fsp3) is 0.345. The summed E-state index contributed by atoms with van der Waals surface area (Å²) in [6.45, 7) is 2.01. The molecule has 1 saturated carbocycles. The number of aliphatic hydroxyl groups is 1. The largest absolute Gasteiger partial charge is 0.393 e. The smallest absolute Gasteiger partial charge is 0.253 e. The molecule has 40 heavy (non-hydrogen) atoms. The summed E-state index contributed by atoms with van der Waals surface area (Å²) in [5.41, 5.74) is 3.34. The van der Waals surface area contributed by atoms with Crippen LogP contribution in [0.5, 0.6) is 0 Å². The molecule has 0 bridgehead atoms. The molecule has 2 aliphatic rings. The summed E-state index contributed by atoms with van der Waals surface area (Å²) in [5, 5.41) is 13.4. The van der Waals surface area contributed by atoms with Crippen LogP contribution >= 0.6 is 0 Å². The van der Waals surface area contributed by atoms with Gasteiger partial charge in [0.1, 0.15) is 5.82 Å². The van der Waals surface area contributed by atoms with E-state index in [1.54, 1.807) is 6.20 Å². The van der Waals surface area contributed by atoms with Gasteiger partial charge in [-0.05, 0) is 67.5 Å². The van der Waals surface area contributed by atoms with Crippen LogP contribution in [-0.2, 0) is 16.4 Å². The first-order valence-corrected chi connectivity index (χ1v) is 15.2. The summed E-state index contributed by atoms with van der Waals surface area (Å²) >= 11 is 0. The van der Waals surface area contributed by atoms with Crippen molar-refractivity contribution < 1.29 is 18.3 Å². The van der Waals surface area contributed by atoms with E-state index in [0.717, 1.165) is 73.1 Å². The number of carbonyl (C=O) groups excluding carboxylic acids is 1. The molecule has 6 rings (SSSR count). The Kier molecular flexibility index (Phi) is 6.71. The lowest BCUT2D eigenvalue weighted by atomic mass is 9.61. The highest BCUT2D eigenvalue weighted by atomic mass is 32.2. The lowest BCUT2D eigenvalue weighted by molar-refractivity contribution is -0.0464. The van der Waals surface area contributed by atoms with Crippen LogP contribution in [0.2, 0.25) is 0 Å². The average Bonchev–Trinajstić information content (AvgIpc) is 2.95. The second kappa shape index (κ2) is 10.2. The number of hydrogen-bond donors (Lipinski definition) is 2. The summed E-state index contributed by atoms with van der Waals surface area (Å²) in [6, 6.07) is 13.0. The van der Waals surface area contributed by atoms with Gasteiger partial charge in [0.2, 0.25) is 0 Å². The molecule has 2 fully saturated rings. The monoisotopic (exact) mass is 558 g/mol. The number of nitrogens with zero attached hydrogens (tertiary/aromatic N) is 5. The highest BCUT2D eigenvalue weighted by Crippen LogP contribution is 2.49. The van der Waals surface area contributed by atoms with Crippen molar-refractivity contribution >= 4 is 32.5 Å². The Morgan fingerprint density at radius 3 is 2.58 bits per heavy atom. The Morgan fingerprint density at radius 1 is 1.05 bits per heavy atom. The Bertz CT molecular complexity index is 1690. The van der Waals surface area contributed by atoms with Crippen LogP contribution in [0.15, 0.2) is 66.0 Å². The van der Waals surface area contributed by atoms with Crippen LogP contribution in [0.4, 0.5) is 5.82 Å². The number of pyridine rings is 4. The van der Waals surface area contributed by atoms with Gasteiger partial charge < -0.3 is 15.3 Å². The number of piperidine rings is 1. The molecule has 11 heteroatoms. The van der Waals surface area contributed by atoms with Crippen molar-refractivity contribution in [3.05, 3.63) is 72.3 Å². The van der Waals surface area contributed by atoms with Gasteiger partial charge in [0.05, 0.1) is 45.7 Å². The maximum atomic E-state index is 12.6. The van der Waals surface area contributed by atoms with Crippen LogP contribution in [-0.4, -0.2) is 64.8 Å². The number of nitrogens with one attached hydrogen (secondary N) is 1. The van der Waals surface area contributed by atoms with E-state index in [2.05, 4.69) is 20.2 Å². The van der Waals surface area contributed by atoms with Crippen LogP contribution < -0.4 is 10.2 Å². The van der Waals surface area contributed by atoms with E-state index in [1.807, 2.05) is 36.4 Å². The standard InChI is InChI=1S/C29H30N6O4S/c1-40(38,39)23-11-20(15-30-18-23)28(37)32-17-21-12-26-19(16-31-21)5-6-25(33-26)24-3-2-4-27(34-24)35-9-7-29(8-10-35)13-22(36)14-29/h2-6,11-12,15-16,18,22,36H,7-10,13-14,17H2,1H3,(H,32,37). The van der Waals surface area contributed by atoms with Crippen molar-refractivity contribution in [3.63, 3.8) is 0 Å². The van der Waals surface area contributed by atoms with Gasteiger partial charge in [0, 0.05) is 43.3 Å². The van der Waals surface area contributed by atoms with E-state index in [9.17, 15) is 18.3 Å². The van der Waals surface area contributed by atoms with Crippen molar-refractivity contribution in [2.75, 3.05) is 24.2 Å². The molecule has 1 aliphatic heterocycles. The Morgan fingerprint density at radius 2 is 1.82 bits per heavy atom. The maximum Gasteiger partial charge on any atom is 0.253 e. The summed E-state index contributed by atoms with van der Waals surface area (Å²) in [7, 11) is -3.47. The lowest BCUT2D eigenvalue weighted by Gasteiger charge is -2.50. The minimum Gasteiger partial charge on any atom is -0.393 e. The van der Waals surface area contributed by atoms with Crippen molar-refractivity contribution in [1.82, 2.24) is 25.3 Å².